The predicted octanol–water partition coefficient (Wildman–Crippen LogP) is 7.17. The number of aliphatic imine (C=N–C) groups is 1. The van der Waals surface area contributed by atoms with E-state index >= 15 is 0 Å². The number of hydrogen-bond acceptors (Lipinski definition) is 4. The standard InChI is InChI=1S/C36H40FN3O4/c1-24(2)6-19-31(27-9-13-29(14-10-27)34(43)38-23-20-32(41)42)40-35(44)33(39-36(40)21-4-3-5-22-36)28-11-7-25(8-12-28)26-15-17-30(37)18-16-26/h7-18,24,31H,3-6,19-23H2,1-2H3,(H,38,43)(H,41,42). The number of carbonyl (C=O) groups excluding carboxylic acids is 2. The van der Waals surface area contributed by atoms with Gasteiger partial charge in [0.1, 0.15) is 17.2 Å². The molecule has 1 saturated carbocycles. The van der Waals surface area contributed by atoms with Crippen molar-refractivity contribution in [2.24, 2.45) is 10.9 Å². The van der Waals surface area contributed by atoms with Crippen molar-refractivity contribution in [3.05, 3.63) is 95.3 Å². The Hall–Kier alpha value is -4.33. The highest BCUT2D eigenvalue weighted by atomic mass is 19.1. The Balaban J connectivity index is 1.45. The molecule has 44 heavy (non-hydrogen) atoms. The molecule has 1 atom stereocenters. The van der Waals surface area contributed by atoms with Crippen molar-refractivity contribution in [2.45, 2.75) is 76.9 Å². The van der Waals surface area contributed by atoms with E-state index < -0.39 is 11.6 Å². The fraction of sp³-hybridized carbons (Fsp3) is 0.389. The molecule has 0 radical (unpaired) electrons. The van der Waals surface area contributed by atoms with Crippen molar-refractivity contribution in [3.63, 3.8) is 0 Å². The molecule has 7 nitrogen and oxygen atoms in total. The molecule has 1 fully saturated rings. The Kier molecular flexibility index (Phi) is 9.57. The largest absolute Gasteiger partial charge is 0.481 e. The van der Waals surface area contributed by atoms with E-state index in [1.54, 1.807) is 24.3 Å². The molecule has 1 heterocycles. The SMILES string of the molecule is CC(C)CCC(c1ccc(C(=O)NCCC(=O)O)cc1)N1C(=O)C(c2ccc(-c3ccc(F)cc3)cc2)=NC12CCCCC2. The molecule has 0 bridgehead atoms. The summed E-state index contributed by atoms with van der Waals surface area (Å²) in [6.07, 6.45) is 6.26. The zero-order valence-electron chi connectivity index (χ0n) is 25.4. The number of benzene rings is 3. The minimum Gasteiger partial charge on any atom is -0.481 e. The number of aliphatic carboxylic acids is 1. The number of rotatable bonds is 11. The van der Waals surface area contributed by atoms with Crippen LogP contribution in [0, 0.1) is 11.7 Å². The smallest absolute Gasteiger partial charge is 0.305 e. The number of halogens is 1. The molecule has 2 amide bonds. The maximum absolute atomic E-state index is 14.4. The van der Waals surface area contributed by atoms with Gasteiger partial charge in [0.2, 0.25) is 0 Å². The first kappa shape index (κ1) is 31.1. The number of carboxylic acids is 1. The van der Waals surface area contributed by atoms with Gasteiger partial charge in [-0.1, -0.05) is 68.8 Å². The van der Waals surface area contributed by atoms with E-state index in [0.29, 0.717) is 17.2 Å². The number of amides is 2. The van der Waals surface area contributed by atoms with Crippen molar-refractivity contribution >= 4 is 23.5 Å². The molecule has 1 aliphatic carbocycles. The first-order valence-corrected chi connectivity index (χ1v) is 15.6. The van der Waals surface area contributed by atoms with Crippen molar-refractivity contribution in [1.82, 2.24) is 10.2 Å². The van der Waals surface area contributed by atoms with Gasteiger partial charge in [-0.05, 0) is 85.4 Å². The second kappa shape index (κ2) is 13.5. The Morgan fingerprint density at radius 2 is 1.48 bits per heavy atom. The van der Waals surface area contributed by atoms with Crippen molar-refractivity contribution in [2.75, 3.05) is 6.54 Å². The molecule has 5 rings (SSSR count). The molecule has 8 heteroatoms. The van der Waals surface area contributed by atoms with Crippen LogP contribution in [0.1, 0.15) is 92.7 Å². The molecule has 1 spiro atoms. The van der Waals surface area contributed by atoms with Crippen LogP contribution in [0.4, 0.5) is 4.39 Å². The molecule has 1 aliphatic heterocycles. The lowest BCUT2D eigenvalue weighted by Crippen LogP contribution is -2.50. The summed E-state index contributed by atoms with van der Waals surface area (Å²) in [5.41, 5.74) is 3.86. The first-order valence-electron chi connectivity index (χ1n) is 15.6. The van der Waals surface area contributed by atoms with E-state index in [2.05, 4.69) is 19.2 Å². The first-order chi connectivity index (χ1) is 21.2. The quantitative estimate of drug-likeness (QED) is 0.245. The minimum atomic E-state index is -0.967. The number of carboxylic acid groups (broad SMARTS) is 1. The van der Waals surface area contributed by atoms with Gasteiger partial charge in [-0.2, -0.15) is 0 Å². The van der Waals surface area contributed by atoms with Gasteiger partial charge in [-0.25, -0.2) is 4.39 Å². The minimum absolute atomic E-state index is 0.0583. The highest BCUT2D eigenvalue weighted by molar-refractivity contribution is 6.46. The van der Waals surface area contributed by atoms with Crippen molar-refractivity contribution in [3.8, 4) is 11.1 Å². The lowest BCUT2D eigenvalue weighted by molar-refractivity contribution is -0.137. The van der Waals surface area contributed by atoms with E-state index in [1.165, 1.54) is 12.1 Å². The number of nitrogens with one attached hydrogen (secondary N) is 1. The van der Waals surface area contributed by atoms with Crippen LogP contribution in [0.25, 0.3) is 11.1 Å². The Labute approximate surface area is 258 Å². The Bertz CT molecular complexity index is 1510. The van der Waals surface area contributed by atoms with Gasteiger partial charge in [0.25, 0.3) is 11.8 Å². The van der Waals surface area contributed by atoms with Crippen LogP contribution >= 0.6 is 0 Å². The summed E-state index contributed by atoms with van der Waals surface area (Å²) in [6, 6.07) is 21.2. The van der Waals surface area contributed by atoms with Gasteiger partial charge in [0.15, 0.2) is 0 Å². The Morgan fingerprint density at radius 3 is 2.07 bits per heavy atom. The fourth-order valence-electron chi connectivity index (χ4n) is 6.34. The van der Waals surface area contributed by atoms with Crippen LogP contribution in [-0.2, 0) is 9.59 Å². The van der Waals surface area contributed by atoms with Crippen LogP contribution < -0.4 is 5.32 Å². The topological polar surface area (TPSA) is 99.1 Å². The predicted molar refractivity (Wildman–Crippen MR) is 169 cm³/mol. The van der Waals surface area contributed by atoms with Gasteiger partial charge in [0, 0.05) is 17.7 Å². The molecule has 3 aromatic carbocycles. The van der Waals surface area contributed by atoms with E-state index in [1.807, 2.05) is 41.3 Å². The lowest BCUT2D eigenvalue weighted by atomic mass is 9.85. The molecule has 3 aromatic rings. The third kappa shape index (κ3) is 6.90. The van der Waals surface area contributed by atoms with Gasteiger partial charge in [-0.15, -0.1) is 0 Å². The van der Waals surface area contributed by atoms with Crippen molar-refractivity contribution < 1.29 is 23.9 Å². The maximum Gasteiger partial charge on any atom is 0.305 e. The van der Waals surface area contributed by atoms with Gasteiger partial charge < -0.3 is 15.3 Å². The Morgan fingerprint density at radius 1 is 0.886 bits per heavy atom. The molecular weight excluding hydrogens is 557 g/mol. The molecule has 0 saturated heterocycles. The zero-order chi connectivity index (χ0) is 31.3. The molecule has 1 unspecified atom stereocenters. The lowest BCUT2D eigenvalue weighted by Gasteiger charge is -2.44. The van der Waals surface area contributed by atoms with E-state index in [9.17, 15) is 18.8 Å². The summed E-state index contributed by atoms with van der Waals surface area (Å²) in [4.78, 5) is 45.1. The highest BCUT2D eigenvalue weighted by Gasteiger charge is 2.50. The zero-order valence-corrected chi connectivity index (χ0v) is 25.4. The second-order valence-electron chi connectivity index (χ2n) is 12.3. The van der Waals surface area contributed by atoms with Crippen molar-refractivity contribution in [1.29, 1.82) is 0 Å². The summed E-state index contributed by atoms with van der Waals surface area (Å²) in [5.74, 6) is -1.21. The van der Waals surface area contributed by atoms with E-state index in [4.69, 9.17) is 10.1 Å². The molecule has 2 aliphatic rings. The third-order valence-electron chi connectivity index (χ3n) is 8.69. The number of nitrogens with zero attached hydrogens (tertiary/aromatic N) is 2. The van der Waals surface area contributed by atoms with Gasteiger partial charge in [0.05, 0.1) is 12.5 Å². The maximum atomic E-state index is 14.4. The molecule has 2 N–H and O–H groups in total. The van der Waals surface area contributed by atoms with Gasteiger partial charge in [-0.3, -0.25) is 19.4 Å². The van der Waals surface area contributed by atoms with Crippen LogP contribution in [0.15, 0.2) is 77.8 Å². The number of hydrogen-bond donors (Lipinski definition) is 2. The van der Waals surface area contributed by atoms with E-state index in [-0.39, 0.29) is 36.6 Å². The summed E-state index contributed by atoms with van der Waals surface area (Å²) < 4.78 is 13.4. The van der Waals surface area contributed by atoms with Gasteiger partial charge >= 0.3 is 5.97 Å². The normalized spacial score (nSPS) is 16.7. The summed E-state index contributed by atoms with van der Waals surface area (Å²) in [5, 5.41) is 11.5. The molecule has 0 aromatic heterocycles. The average molecular weight is 598 g/mol. The highest BCUT2D eigenvalue weighted by Crippen LogP contribution is 2.46. The summed E-state index contributed by atoms with van der Waals surface area (Å²) in [7, 11) is 0. The summed E-state index contributed by atoms with van der Waals surface area (Å²) >= 11 is 0. The summed E-state index contributed by atoms with van der Waals surface area (Å²) in [6.45, 7) is 4.41. The van der Waals surface area contributed by atoms with Crippen LogP contribution in [0.5, 0.6) is 0 Å². The average Bonchev–Trinajstić information content (AvgIpc) is 3.28. The monoisotopic (exact) mass is 597 g/mol. The fourth-order valence-corrected chi connectivity index (χ4v) is 6.34. The van der Waals surface area contributed by atoms with Crippen LogP contribution in [0.3, 0.4) is 0 Å². The number of carbonyl (C=O) groups is 3. The third-order valence-corrected chi connectivity index (χ3v) is 8.69. The van der Waals surface area contributed by atoms with E-state index in [0.717, 1.165) is 67.2 Å². The van der Waals surface area contributed by atoms with Crippen LogP contribution in [0.2, 0.25) is 0 Å². The molecular formula is C36H40FN3O4. The molecule has 230 valence electrons. The van der Waals surface area contributed by atoms with Crippen LogP contribution in [-0.4, -0.2) is 45.7 Å². The second-order valence-corrected chi connectivity index (χ2v) is 12.3.